The van der Waals surface area contributed by atoms with Gasteiger partial charge in [0.15, 0.2) is 0 Å². The number of nitro groups is 1. The molecule has 0 bridgehead atoms. The van der Waals surface area contributed by atoms with E-state index >= 15 is 0 Å². The zero-order chi connectivity index (χ0) is 17.9. The minimum Gasteiger partial charge on any atom is -0.506 e. The van der Waals surface area contributed by atoms with Crippen LogP contribution in [-0.2, 0) is 0 Å². The van der Waals surface area contributed by atoms with E-state index in [1.165, 1.54) is 36.4 Å². The van der Waals surface area contributed by atoms with Gasteiger partial charge in [-0.15, -0.1) is 0 Å². The van der Waals surface area contributed by atoms with E-state index in [2.05, 4.69) is 10.5 Å². The first-order valence-corrected chi connectivity index (χ1v) is 7.32. The van der Waals surface area contributed by atoms with Crippen LogP contribution in [0.25, 0.3) is 0 Å². The van der Waals surface area contributed by atoms with Gasteiger partial charge in [-0.25, -0.2) is 5.43 Å². The Labute approximate surface area is 146 Å². The van der Waals surface area contributed by atoms with Crippen LogP contribution < -0.4 is 5.43 Å². The molecule has 0 atom stereocenters. The molecule has 2 aromatic carbocycles. The molecule has 0 unspecified atom stereocenters. The Hall–Kier alpha value is -2.64. The number of carbonyl (C=O) groups is 1. The topological polar surface area (TPSA) is 105 Å². The molecule has 0 aliphatic carbocycles. The van der Waals surface area contributed by atoms with Gasteiger partial charge in [0, 0.05) is 28.3 Å². The van der Waals surface area contributed by atoms with Crippen LogP contribution in [0.4, 0.5) is 5.69 Å². The second kappa shape index (κ2) is 7.29. The lowest BCUT2D eigenvalue weighted by atomic mass is 10.1. The summed E-state index contributed by atoms with van der Waals surface area (Å²) in [7, 11) is 0. The molecular formula is C15H11Cl2N3O4. The molecule has 7 nitrogen and oxygen atoms in total. The summed E-state index contributed by atoms with van der Waals surface area (Å²) in [5.74, 6) is -0.760. The third-order valence-electron chi connectivity index (χ3n) is 3.08. The second-order valence-electron chi connectivity index (χ2n) is 4.73. The maximum Gasteiger partial charge on any atom is 0.271 e. The molecule has 1 amide bonds. The molecule has 124 valence electrons. The maximum atomic E-state index is 12.0. The van der Waals surface area contributed by atoms with E-state index in [1.54, 1.807) is 6.92 Å². The first-order chi connectivity index (χ1) is 11.3. The number of phenolic OH excluding ortho intramolecular Hbond substituents is 1. The molecule has 0 spiro atoms. The molecule has 0 saturated carbocycles. The number of rotatable bonds is 4. The molecule has 0 saturated heterocycles. The number of benzene rings is 2. The smallest absolute Gasteiger partial charge is 0.271 e. The van der Waals surface area contributed by atoms with Gasteiger partial charge >= 0.3 is 0 Å². The minimum absolute atomic E-state index is 0.0637. The molecule has 0 radical (unpaired) electrons. The summed E-state index contributed by atoms with van der Waals surface area (Å²) in [4.78, 5) is 22.0. The van der Waals surface area contributed by atoms with Gasteiger partial charge in [-0.3, -0.25) is 14.9 Å². The molecule has 2 N–H and O–H groups in total. The number of amides is 1. The Kier molecular flexibility index (Phi) is 5.38. The summed E-state index contributed by atoms with van der Waals surface area (Å²) in [5.41, 5.74) is 2.93. The van der Waals surface area contributed by atoms with E-state index in [4.69, 9.17) is 23.2 Å². The fourth-order valence-electron chi connectivity index (χ4n) is 1.84. The largest absolute Gasteiger partial charge is 0.506 e. The SMILES string of the molecule is CC(=NNC(=O)c1ccc([N+](=O)[O-])cc1)c1cc(Cl)cc(Cl)c1O. The van der Waals surface area contributed by atoms with E-state index in [0.29, 0.717) is 5.02 Å². The van der Waals surface area contributed by atoms with Crippen molar-refractivity contribution in [2.45, 2.75) is 6.92 Å². The van der Waals surface area contributed by atoms with Gasteiger partial charge in [0.1, 0.15) is 5.75 Å². The molecule has 0 aromatic heterocycles. The molecule has 0 aliphatic heterocycles. The zero-order valence-electron chi connectivity index (χ0n) is 12.3. The van der Waals surface area contributed by atoms with Crippen molar-refractivity contribution in [3.8, 4) is 5.75 Å². The minimum atomic E-state index is -0.560. The summed E-state index contributed by atoms with van der Waals surface area (Å²) in [5, 5.41) is 24.7. The van der Waals surface area contributed by atoms with E-state index in [1.807, 2.05) is 0 Å². The van der Waals surface area contributed by atoms with Crippen molar-refractivity contribution < 1.29 is 14.8 Å². The summed E-state index contributed by atoms with van der Waals surface area (Å²) in [6.07, 6.45) is 0. The molecule has 2 aromatic rings. The van der Waals surface area contributed by atoms with E-state index in [9.17, 15) is 20.0 Å². The summed E-state index contributed by atoms with van der Waals surface area (Å²) in [6.45, 7) is 1.55. The van der Waals surface area contributed by atoms with Gasteiger partial charge in [0.2, 0.25) is 0 Å². The highest BCUT2D eigenvalue weighted by Crippen LogP contribution is 2.31. The Morgan fingerprint density at radius 2 is 1.88 bits per heavy atom. The highest BCUT2D eigenvalue weighted by molar-refractivity contribution is 6.36. The quantitative estimate of drug-likeness (QED) is 0.487. The molecule has 0 aliphatic rings. The van der Waals surface area contributed by atoms with Gasteiger partial charge in [0.05, 0.1) is 15.7 Å². The number of aromatic hydroxyl groups is 1. The van der Waals surface area contributed by atoms with Crippen molar-refractivity contribution in [3.63, 3.8) is 0 Å². The molecule has 24 heavy (non-hydrogen) atoms. The molecule has 0 heterocycles. The lowest BCUT2D eigenvalue weighted by molar-refractivity contribution is -0.384. The standard InChI is InChI=1S/C15H11Cl2N3O4/c1-8(12-6-10(16)7-13(17)14(12)21)18-19-15(22)9-2-4-11(5-3-9)20(23)24/h2-7,21H,1H3,(H,19,22). The van der Waals surface area contributed by atoms with Crippen LogP contribution in [0, 0.1) is 10.1 Å². The fraction of sp³-hybridized carbons (Fsp3) is 0.0667. The monoisotopic (exact) mass is 367 g/mol. The first-order valence-electron chi connectivity index (χ1n) is 6.57. The molecule has 2 rings (SSSR count). The van der Waals surface area contributed by atoms with Crippen molar-refractivity contribution >= 4 is 40.5 Å². The average molecular weight is 368 g/mol. The number of nitrogens with one attached hydrogen (secondary N) is 1. The highest BCUT2D eigenvalue weighted by atomic mass is 35.5. The summed E-state index contributed by atoms with van der Waals surface area (Å²) < 4.78 is 0. The van der Waals surface area contributed by atoms with E-state index in [0.717, 1.165) is 0 Å². The van der Waals surface area contributed by atoms with Crippen LogP contribution in [0.2, 0.25) is 10.0 Å². The first kappa shape index (κ1) is 17.7. The van der Waals surface area contributed by atoms with E-state index in [-0.39, 0.29) is 33.3 Å². The Bertz CT molecular complexity index is 835. The van der Waals surface area contributed by atoms with E-state index < -0.39 is 10.8 Å². The second-order valence-corrected chi connectivity index (χ2v) is 5.57. The van der Waals surface area contributed by atoms with Crippen molar-refractivity contribution in [2.24, 2.45) is 5.10 Å². The van der Waals surface area contributed by atoms with Crippen LogP contribution in [0.1, 0.15) is 22.8 Å². The van der Waals surface area contributed by atoms with Crippen molar-refractivity contribution in [2.75, 3.05) is 0 Å². The Morgan fingerprint density at radius 1 is 1.25 bits per heavy atom. The van der Waals surface area contributed by atoms with Crippen LogP contribution in [0.3, 0.4) is 0 Å². The number of phenols is 1. The number of non-ortho nitro benzene ring substituents is 1. The van der Waals surface area contributed by atoms with Crippen molar-refractivity contribution in [1.82, 2.24) is 5.43 Å². The average Bonchev–Trinajstić information content (AvgIpc) is 2.55. The number of nitro benzene ring substituents is 1. The van der Waals surface area contributed by atoms with Crippen molar-refractivity contribution in [3.05, 3.63) is 67.7 Å². The summed E-state index contributed by atoms with van der Waals surface area (Å²) in [6, 6.07) is 7.89. The summed E-state index contributed by atoms with van der Waals surface area (Å²) >= 11 is 11.7. The number of hydrogen-bond acceptors (Lipinski definition) is 5. The number of carbonyl (C=O) groups excluding carboxylic acids is 1. The van der Waals surface area contributed by atoms with Gasteiger partial charge in [-0.1, -0.05) is 23.2 Å². The normalized spacial score (nSPS) is 11.2. The predicted octanol–water partition coefficient (Wildman–Crippen LogP) is 3.76. The molecule has 9 heteroatoms. The van der Waals surface area contributed by atoms with Gasteiger partial charge in [-0.2, -0.15) is 5.10 Å². The Morgan fingerprint density at radius 3 is 2.46 bits per heavy atom. The van der Waals surface area contributed by atoms with Crippen molar-refractivity contribution in [1.29, 1.82) is 0 Å². The number of hydrazone groups is 1. The van der Waals surface area contributed by atoms with Crippen LogP contribution >= 0.6 is 23.2 Å². The lowest BCUT2D eigenvalue weighted by Crippen LogP contribution is -2.19. The fourth-order valence-corrected chi connectivity index (χ4v) is 2.33. The number of hydrogen-bond donors (Lipinski definition) is 2. The number of halogens is 2. The molecule has 0 fully saturated rings. The zero-order valence-corrected chi connectivity index (χ0v) is 13.8. The van der Waals surface area contributed by atoms with Gasteiger partial charge in [0.25, 0.3) is 11.6 Å². The Balaban J connectivity index is 2.17. The van der Waals surface area contributed by atoms with Crippen LogP contribution in [0.15, 0.2) is 41.5 Å². The van der Waals surface area contributed by atoms with Crippen LogP contribution in [-0.4, -0.2) is 21.6 Å². The predicted molar refractivity (Wildman–Crippen MR) is 90.9 cm³/mol. The highest BCUT2D eigenvalue weighted by Gasteiger charge is 2.12. The lowest BCUT2D eigenvalue weighted by Gasteiger charge is -2.07. The number of nitrogens with zero attached hydrogens (tertiary/aromatic N) is 2. The van der Waals surface area contributed by atoms with Gasteiger partial charge in [-0.05, 0) is 31.2 Å². The van der Waals surface area contributed by atoms with Crippen LogP contribution in [0.5, 0.6) is 5.75 Å². The third-order valence-corrected chi connectivity index (χ3v) is 3.59. The molecular weight excluding hydrogens is 357 g/mol. The van der Waals surface area contributed by atoms with Gasteiger partial charge < -0.3 is 5.11 Å². The maximum absolute atomic E-state index is 12.0. The third kappa shape index (κ3) is 4.01.